The molecular weight excluding hydrogens is 374 g/mol. The first kappa shape index (κ1) is 18.3. The van der Waals surface area contributed by atoms with Crippen LogP contribution in [-0.4, -0.2) is 34.8 Å². The Labute approximate surface area is 164 Å². The number of carbonyl (C=O) groups excluding carboxylic acids is 1. The van der Waals surface area contributed by atoms with Crippen LogP contribution in [0.3, 0.4) is 0 Å². The van der Waals surface area contributed by atoms with E-state index in [0.29, 0.717) is 6.54 Å². The summed E-state index contributed by atoms with van der Waals surface area (Å²) >= 11 is 0. The highest BCUT2D eigenvalue weighted by Crippen LogP contribution is 2.09. The molecule has 4 rings (SSSR count). The lowest BCUT2D eigenvalue weighted by molar-refractivity contribution is 0.0946. The number of pyridine rings is 1. The maximum atomic E-state index is 12.5. The van der Waals surface area contributed by atoms with Crippen molar-refractivity contribution in [2.75, 3.05) is 0 Å². The first-order valence-corrected chi connectivity index (χ1v) is 8.74. The van der Waals surface area contributed by atoms with Crippen LogP contribution in [0, 0.1) is 0 Å². The number of aryl methyl sites for hydroxylation is 1. The third-order valence-electron chi connectivity index (χ3n) is 4.61. The molecule has 0 bridgehead atoms. The van der Waals surface area contributed by atoms with E-state index in [1.807, 2.05) is 24.3 Å². The summed E-state index contributed by atoms with van der Waals surface area (Å²) in [5.74, 6) is -0.402. The van der Waals surface area contributed by atoms with Crippen molar-refractivity contribution in [2.24, 2.45) is 14.1 Å². The van der Waals surface area contributed by atoms with Gasteiger partial charge in [0.2, 0.25) is 0 Å². The van der Waals surface area contributed by atoms with Crippen molar-refractivity contribution in [1.29, 1.82) is 0 Å². The second-order valence-electron chi connectivity index (χ2n) is 6.46. The van der Waals surface area contributed by atoms with E-state index in [0.717, 1.165) is 15.8 Å². The molecule has 0 radical (unpaired) electrons. The van der Waals surface area contributed by atoms with Gasteiger partial charge in [-0.15, -0.1) is 0 Å². The van der Waals surface area contributed by atoms with Crippen LogP contribution in [0.25, 0.3) is 16.7 Å². The first-order valence-electron chi connectivity index (χ1n) is 8.74. The van der Waals surface area contributed by atoms with Crippen molar-refractivity contribution in [3.05, 3.63) is 81.1 Å². The van der Waals surface area contributed by atoms with Crippen LogP contribution in [0.15, 0.2) is 58.6 Å². The van der Waals surface area contributed by atoms with Crippen LogP contribution in [0.2, 0.25) is 0 Å². The van der Waals surface area contributed by atoms with Gasteiger partial charge in [0.05, 0.1) is 11.1 Å². The van der Waals surface area contributed by atoms with Gasteiger partial charge in [-0.05, 0) is 29.8 Å². The maximum absolute atomic E-state index is 12.5. The highest BCUT2D eigenvalue weighted by atomic mass is 16.2. The molecule has 1 N–H and O–H groups in total. The molecule has 0 aliphatic rings. The molecule has 0 unspecified atom stereocenters. The zero-order valence-corrected chi connectivity index (χ0v) is 15.7. The van der Waals surface area contributed by atoms with Crippen LogP contribution in [0.1, 0.15) is 16.1 Å². The monoisotopic (exact) mass is 391 g/mol. The average Bonchev–Trinajstić information content (AvgIpc) is 3.29. The van der Waals surface area contributed by atoms with E-state index in [1.165, 1.54) is 37.1 Å². The molecule has 0 spiro atoms. The summed E-state index contributed by atoms with van der Waals surface area (Å²) in [7, 11) is 2.91. The van der Waals surface area contributed by atoms with E-state index in [-0.39, 0.29) is 16.7 Å². The standard InChI is InChI=1S/C19H17N7O3/c1-24-16-14(18(28)25(2)19(24)29)7-8-15(23-16)17(27)21-9-12-3-5-13(6-4-12)26-11-20-10-22-26/h3-8,10-11H,9H2,1-2H3,(H,21,27). The molecule has 10 nitrogen and oxygen atoms in total. The van der Waals surface area contributed by atoms with Crippen LogP contribution in [0.4, 0.5) is 0 Å². The summed E-state index contributed by atoms with van der Waals surface area (Å²) in [6.45, 7) is 0.297. The smallest absolute Gasteiger partial charge is 0.332 e. The van der Waals surface area contributed by atoms with Gasteiger partial charge in [0.15, 0.2) is 0 Å². The summed E-state index contributed by atoms with van der Waals surface area (Å²) in [6.07, 6.45) is 3.05. The number of nitrogens with one attached hydrogen (secondary N) is 1. The second kappa shape index (κ2) is 7.15. The van der Waals surface area contributed by atoms with E-state index in [4.69, 9.17) is 0 Å². The van der Waals surface area contributed by atoms with Gasteiger partial charge in [-0.2, -0.15) is 5.10 Å². The molecule has 10 heteroatoms. The predicted molar refractivity (Wildman–Crippen MR) is 105 cm³/mol. The molecule has 0 atom stereocenters. The van der Waals surface area contributed by atoms with Crippen molar-refractivity contribution in [3.8, 4) is 5.69 Å². The van der Waals surface area contributed by atoms with Crippen molar-refractivity contribution in [3.63, 3.8) is 0 Å². The fraction of sp³-hybridized carbons (Fsp3) is 0.158. The largest absolute Gasteiger partial charge is 0.347 e. The van der Waals surface area contributed by atoms with Gasteiger partial charge in [0.1, 0.15) is 24.0 Å². The van der Waals surface area contributed by atoms with Gasteiger partial charge < -0.3 is 5.32 Å². The number of aromatic nitrogens is 6. The summed E-state index contributed by atoms with van der Waals surface area (Å²) in [4.78, 5) is 44.9. The minimum atomic E-state index is -0.500. The zero-order chi connectivity index (χ0) is 20.5. The van der Waals surface area contributed by atoms with Crippen LogP contribution >= 0.6 is 0 Å². The van der Waals surface area contributed by atoms with Crippen molar-refractivity contribution >= 4 is 16.9 Å². The molecule has 4 aromatic rings. The Morgan fingerprint density at radius 3 is 2.48 bits per heavy atom. The van der Waals surface area contributed by atoms with Gasteiger partial charge in [0.25, 0.3) is 11.5 Å². The Bertz CT molecular complexity index is 1320. The molecule has 0 saturated carbocycles. The number of nitrogens with zero attached hydrogens (tertiary/aromatic N) is 6. The third kappa shape index (κ3) is 3.31. The summed E-state index contributed by atoms with van der Waals surface area (Å²) in [6, 6.07) is 10.5. The number of hydrogen-bond acceptors (Lipinski definition) is 6. The highest BCUT2D eigenvalue weighted by Gasteiger charge is 2.13. The molecule has 0 aliphatic carbocycles. The Hall–Kier alpha value is -4.08. The third-order valence-corrected chi connectivity index (χ3v) is 4.61. The molecule has 1 aromatic carbocycles. The molecule has 0 saturated heterocycles. The molecule has 3 aromatic heterocycles. The quantitative estimate of drug-likeness (QED) is 0.529. The Morgan fingerprint density at radius 1 is 1.03 bits per heavy atom. The number of carbonyl (C=O) groups is 1. The van der Waals surface area contributed by atoms with Crippen LogP contribution in [-0.2, 0) is 20.6 Å². The SMILES string of the molecule is Cn1c(=O)c2ccc(C(=O)NCc3ccc(-n4cncn4)cc3)nc2n(C)c1=O. The number of rotatable bonds is 4. The Morgan fingerprint density at radius 2 is 1.79 bits per heavy atom. The van der Waals surface area contributed by atoms with E-state index in [1.54, 1.807) is 11.0 Å². The van der Waals surface area contributed by atoms with E-state index < -0.39 is 17.2 Å². The minimum absolute atomic E-state index is 0.125. The Kier molecular flexibility index (Phi) is 4.51. The molecule has 3 heterocycles. The molecule has 0 aliphatic heterocycles. The van der Waals surface area contributed by atoms with Crippen molar-refractivity contribution < 1.29 is 4.79 Å². The number of benzene rings is 1. The van der Waals surface area contributed by atoms with Gasteiger partial charge in [-0.25, -0.2) is 19.4 Å². The molecule has 29 heavy (non-hydrogen) atoms. The molecular formula is C19H17N7O3. The summed E-state index contributed by atoms with van der Waals surface area (Å²) < 4.78 is 3.89. The van der Waals surface area contributed by atoms with Crippen LogP contribution < -0.4 is 16.6 Å². The lowest BCUT2D eigenvalue weighted by Crippen LogP contribution is -2.37. The fourth-order valence-corrected chi connectivity index (χ4v) is 2.96. The molecule has 146 valence electrons. The fourth-order valence-electron chi connectivity index (χ4n) is 2.96. The van der Waals surface area contributed by atoms with Gasteiger partial charge in [-0.3, -0.25) is 18.7 Å². The number of hydrogen-bond donors (Lipinski definition) is 1. The predicted octanol–water partition coefficient (Wildman–Crippen LogP) is 0.143. The topological polar surface area (TPSA) is 117 Å². The van der Waals surface area contributed by atoms with Gasteiger partial charge in [0, 0.05) is 20.6 Å². The lowest BCUT2D eigenvalue weighted by atomic mass is 10.2. The van der Waals surface area contributed by atoms with Crippen LogP contribution in [0.5, 0.6) is 0 Å². The molecule has 1 amide bonds. The highest BCUT2D eigenvalue weighted by molar-refractivity contribution is 5.94. The van der Waals surface area contributed by atoms with E-state index in [2.05, 4.69) is 20.4 Å². The van der Waals surface area contributed by atoms with Crippen molar-refractivity contribution in [1.82, 2.24) is 34.2 Å². The molecule has 0 fully saturated rings. The Balaban J connectivity index is 1.53. The first-order chi connectivity index (χ1) is 14.0. The maximum Gasteiger partial charge on any atom is 0.332 e. The number of amides is 1. The van der Waals surface area contributed by atoms with E-state index in [9.17, 15) is 14.4 Å². The number of fused-ring (bicyclic) bond motifs is 1. The summed E-state index contributed by atoms with van der Waals surface area (Å²) in [5, 5.41) is 7.12. The van der Waals surface area contributed by atoms with Crippen molar-refractivity contribution in [2.45, 2.75) is 6.54 Å². The lowest BCUT2D eigenvalue weighted by Gasteiger charge is -2.09. The normalized spacial score (nSPS) is 11.0. The second-order valence-corrected chi connectivity index (χ2v) is 6.46. The average molecular weight is 391 g/mol. The summed E-state index contributed by atoms with van der Waals surface area (Å²) in [5.41, 5.74) is 1.10. The van der Waals surface area contributed by atoms with E-state index >= 15 is 0 Å². The minimum Gasteiger partial charge on any atom is -0.347 e. The zero-order valence-electron chi connectivity index (χ0n) is 15.7. The van der Waals surface area contributed by atoms with Gasteiger partial charge in [-0.1, -0.05) is 12.1 Å². The van der Waals surface area contributed by atoms with Gasteiger partial charge >= 0.3 is 5.69 Å².